The fraction of sp³-hybridized carbons (Fsp3) is 0.500. The zero-order chi connectivity index (χ0) is 18.1. The largest absolute Gasteiger partial charge is 0.463 e. The van der Waals surface area contributed by atoms with E-state index in [1.807, 2.05) is 24.0 Å². The topological polar surface area (TPSA) is 72.9 Å². The lowest BCUT2D eigenvalue weighted by molar-refractivity contribution is -0.134. The van der Waals surface area contributed by atoms with Crippen molar-refractivity contribution in [1.82, 2.24) is 19.5 Å². The molecule has 1 saturated heterocycles. The first-order chi connectivity index (χ1) is 12.7. The Kier molecular flexibility index (Phi) is 4.86. The summed E-state index contributed by atoms with van der Waals surface area (Å²) in [5.74, 6) is 1.03. The van der Waals surface area contributed by atoms with Crippen LogP contribution in [0.15, 0.2) is 27.8 Å². The van der Waals surface area contributed by atoms with Crippen LogP contribution >= 0.6 is 11.8 Å². The Morgan fingerprint density at radius 2 is 2.08 bits per heavy atom. The number of nitrogens with zero attached hydrogens (tertiary/aromatic N) is 4. The number of hydrogen-bond donors (Lipinski definition) is 0. The van der Waals surface area contributed by atoms with Gasteiger partial charge >= 0.3 is 0 Å². The number of furan rings is 1. The molecule has 0 aromatic carbocycles. The standard InChI is InChI=1S/C18H22N4O3S/c1-3-15(18(23)21-6-9-24-10-7-21)26-17-13-11-14-12(5-8-25-14)22(13)16(4-2)19-20-17/h5,8,11,15H,3-4,6-7,9-10H2,1-2H3/t15-/m1/s1. The van der Waals surface area contributed by atoms with Crippen LogP contribution in [0.3, 0.4) is 0 Å². The van der Waals surface area contributed by atoms with Gasteiger partial charge in [-0.1, -0.05) is 25.6 Å². The Morgan fingerprint density at radius 3 is 2.81 bits per heavy atom. The predicted molar refractivity (Wildman–Crippen MR) is 99.5 cm³/mol. The third-order valence-electron chi connectivity index (χ3n) is 4.70. The number of carbonyl (C=O) groups excluding carboxylic acids is 1. The van der Waals surface area contributed by atoms with Crippen molar-refractivity contribution in [1.29, 1.82) is 0 Å². The zero-order valence-electron chi connectivity index (χ0n) is 15.0. The number of morpholine rings is 1. The molecule has 3 aromatic heterocycles. The molecule has 0 unspecified atom stereocenters. The van der Waals surface area contributed by atoms with Crippen LogP contribution in [0, 0.1) is 0 Å². The first kappa shape index (κ1) is 17.4. The molecule has 138 valence electrons. The number of amides is 1. The molecule has 0 saturated carbocycles. The van der Waals surface area contributed by atoms with Gasteiger partial charge in [0.05, 0.1) is 35.8 Å². The van der Waals surface area contributed by atoms with Crippen LogP contribution < -0.4 is 0 Å². The monoisotopic (exact) mass is 374 g/mol. The Morgan fingerprint density at radius 1 is 1.27 bits per heavy atom. The summed E-state index contributed by atoms with van der Waals surface area (Å²) in [6.07, 6.45) is 3.19. The Labute approximate surface area is 155 Å². The van der Waals surface area contributed by atoms with Crippen molar-refractivity contribution in [3.05, 3.63) is 24.2 Å². The molecular formula is C18H22N4O3S. The van der Waals surface area contributed by atoms with Crippen molar-refractivity contribution in [2.24, 2.45) is 0 Å². The summed E-state index contributed by atoms with van der Waals surface area (Å²) in [5.41, 5.74) is 2.74. The van der Waals surface area contributed by atoms with E-state index in [9.17, 15) is 4.79 Å². The SMILES string of the molecule is CCc1nnc(S[C@H](CC)C(=O)N2CCOCC2)c2cc3occc3n12. The molecule has 0 aliphatic carbocycles. The van der Waals surface area contributed by atoms with Gasteiger partial charge in [0.15, 0.2) is 5.58 Å². The molecule has 1 atom stereocenters. The van der Waals surface area contributed by atoms with Crippen LogP contribution in [0.2, 0.25) is 0 Å². The summed E-state index contributed by atoms with van der Waals surface area (Å²) in [4.78, 5) is 14.8. The number of aryl methyl sites for hydroxylation is 1. The highest BCUT2D eigenvalue weighted by atomic mass is 32.2. The number of hydrogen-bond acceptors (Lipinski definition) is 6. The average molecular weight is 374 g/mol. The molecule has 1 fully saturated rings. The lowest BCUT2D eigenvalue weighted by Gasteiger charge is -2.29. The van der Waals surface area contributed by atoms with Gasteiger partial charge in [-0.15, -0.1) is 10.2 Å². The number of thioether (sulfide) groups is 1. The van der Waals surface area contributed by atoms with E-state index in [4.69, 9.17) is 9.15 Å². The molecule has 0 radical (unpaired) electrons. The molecule has 1 aliphatic heterocycles. The first-order valence-electron chi connectivity index (χ1n) is 9.00. The molecule has 0 bridgehead atoms. The van der Waals surface area contributed by atoms with Crippen molar-refractivity contribution in [3.8, 4) is 0 Å². The highest BCUT2D eigenvalue weighted by molar-refractivity contribution is 8.00. The lowest BCUT2D eigenvalue weighted by atomic mass is 10.2. The molecular weight excluding hydrogens is 352 g/mol. The van der Waals surface area contributed by atoms with Crippen LogP contribution in [-0.2, 0) is 16.0 Å². The van der Waals surface area contributed by atoms with Crippen molar-refractivity contribution >= 4 is 34.3 Å². The molecule has 3 aromatic rings. The normalized spacial score (nSPS) is 16.5. The van der Waals surface area contributed by atoms with Crippen LogP contribution in [0.25, 0.3) is 16.6 Å². The van der Waals surface area contributed by atoms with Crippen molar-refractivity contribution in [3.63, 3.8) is 0 Å². The van der Waals surface area contributed by atoms with Crippen LogP contribution in [0.4, 0.5) is 0 Å². The second-order valence-corrected chi connectivity index (χ2v) is 7.45. The Bertz CT molecular complexity index is 929. The molecule has 1 amide bonds. The predicted octanol–water partition coefficient (Wildman–Crippen LogP) is 2.77. The molecule has 1 aliphatic rings. The smallest absolute Gasteiger partial charge is 0.236 e. The maximum Gasteiger partial charge on any atom is 0.236 e. The number of fused-ring (bicyclic) bond motifs is 3. The Hall–Kier alpha value is -2.06. The van der Waals surface area contributed by atoms with E-state index < -0.39 is 0 Å². The molecule has 4 heterocycles. The summed E-state index contributed by atoms with van der Waals surface area (Å²) in [7, 11) is 0. The van der Waals surface area contributed by atoms with Gasteiger partial charge in [0, 0.05) is 31.6 Å². The van der Waals surface area contributed by atoms with Gasteiger partial charge < -0.3 is 14.1 Å². The molecule has 4 rings (SSSR count). The second kappa shape index (κ2) is 7.28. The number of rotatable bonds is 5. The van der Waals surface area contributed by atoms with E-state index in [0.29, 0.717) is 26.3 Å². The van der Waals surface area contributed by atoms with Gasteiger partial charge in [-0.2, -0.15) is 0 Å². The number of ether oxygens (including phenoxy) is 1. The van der Waals surface area contributed by atoms with Crippen molar-refractivity contribution in [2.75, 3.05) is 26.3 Å². The van der Waals surface area contributed by atoms with Crippen molar-refractivity contribution < 1.29 is 13.9 Å². The third kappa shape index (κ3) is 2.97. The van der Waals surface area contributed by atoms with E-state index in [1.54, 1.807) is 6.26 Å². The fourth-order valence-electron chi connectivity index (χ4n) is 3.30. The Balaban J connectivity index is 1.68. The van der Waals surface area contributed by atoms with E-state index in [-0.39, 0.29) is 11.2 Å². The van der Waals surface area contributed by atoms with Gasteiger partial charge in [-0.3, -0.25) is 9.20 Å². The highest BCUT2D eigenvalue weighted by Gasteiger charge is 2.27. The highest BCUT2D eigenvalue weighted by Crippen LogP contribution is 2.32. The average Bonchev–Trinajstić information content (AvgIpc) is 3.28. The summed E-state index contributed by atoms with van der Waals surface area (Å²) in [6.45, 7) is 6.62. The molecule has 8 heteroatoms. The maximum atomic E-state index is 12.9. The molecule has 0 N–H and O–H groups in total. The van der Waals surface area contributed by atoms with E-state index >= 15 is 0 Å². The summed E-state index contributed by atoms with van der Waals surface area (Å²) in [6, 6.07) is 3.92. The third-order valence-corrected chi connectivity index (χ3v) is 6.03. The minimum atomic E-state index is -0.181. The van der Waals surface area contributed by atoms with Crippen molar-refractivity contribution in [2.45, 2.75) is 37.0 Å². The number of aromatic nitrogens is 3. The van der Waals surface area contributed by atoms with Gasteiger partial charge in [-0.05, 0) is 6.42 Å². The van der Waals surface area contributed by atoms with Gasteiger partial charge in [0.2, 0.25) is 5.91 Å². The molecule has 7 nitrogen and oxygen atoms in total. The van der Waals surface area contributed by atoms with E-state index in [0.717, 1.165) is 40.3 Å². The first-order valence-corrected chi connectivity index (χ1v) is 9.88. The quantitative estimate of drug-likeness (QED) is 0.640. The zero-order valence-corrected chi connectivity index (χ0v) is 15.8. The second-order valence-electron chi connectivity index (χ2n) is 6.26. The minimum Gasteiger partial charge on any atom is -0.463 e. The maximum absolute atomic E-state index is 12.9. The van der Waals surface area contributed by atoms with E-state index in [1.165, 1.54) is 11.8 Å². The minimum absolute atomic E-state index is 0.149. The van der Waals surface area contributed by atoms with Gasteiger partial charge in [-0.25, -0.2) is 0 Å². The van der Waals surface area contributed by atoms with Crippen LogP contribution in [-0.4, -0.2) is 57.0 Å². The van der Waals surface area contributed by atoms with Gasteiger partial charge in [0.25, 0.3) is 0 Å². The summed E-state index contributed by atoms with van der Waals surface area (Å²) < 4.78 is 13.0. The fourth-order valence-corrected chi connectivity index (χ4v) is 4.35. The summed E-state index contributed by atoms with van der Waals surface area (Å²) >= 11 is 1.49. The van der Waals surface area contributed by atoms with Crippen LogP contribution in [0.1, 0.15) is 26.1 Å². The van der Waals surface area contributed by atoms with E-state index in [2.05, 4.69) is 21.5 Å². The molecule has 0 spiro atoms. The van der Waals surface area contributed by atoms with Gasteiger partial charge in [0.1, 0.15) is 10.9 Å². The lowest BCUT2D eigenvalue weighted by Crippen LogP contribution is -2.44. The number of carbonyl (C=O) groups is 1. The molecule has 26 heavy (non-hydrogen) atoms. The van der Waals surface area contributed by atoms with Crippen LogP contribution in [0.5, 0.6) is 0 Å². The summed E-state index contributed by atoms with van der Waals surface area (Å²) in [5, 5.41) is 9.40.